The van der Waals surface area contributed by atoms with Gasteiger partial charge < -0.3 is 15.4 Å². The molecule has 0 aromatic carbocycles. The number of amides is 2. The summed E-state index contributed by atoms with van der Waals surface area (Å²) in [6.45, 7) is 12.5. The van der Waals surface area contributed by atoms with Gasteiger partial charge in [-0.3, -0.25) is 0 Å². The maximum Gasteiger partial charge on any atom is 0.314 e. The molecule has 0 bridgehead atoms. The van der Waals surface area contributed by atoms with Crippen molar-refractivity contribution in [1.29, 1.82) is 0 Å². The third-order valence-corrected chi connectivity index (χ3v) is 2.54. The minimum atomic E-state index is -0.172. The van der Waals surface area contributed by atoms with Crippen LogP contribution < -0.4 is 10.6 Å². The highest BCUT2D eigenvalue weighted by atomic mass is 16.5. The summed E-state index contributed by atoms with van der Waals surface area (Å²) in [7, 11) is 0. The van der Waals surface area contributed by atoms with Crippen LogP contribution in [0, 0.1) is 5.92 Å². The lowest BCUT2D eigenvalue weighted by Crippen LogP contribution is -2.38. The van der Waals surface area contributed by atoms with Gasteiger partial charge in [0.1, 0.15) is 0 Å². The fraction of sp³-hybridized carbons (Fsp3) is 0.923. The Morgan fingerprint density at radius 3 is 2.47 bits per heavy atom. The Kier molecular flexibility index (Phi) is 7.96. The van der Waals surface area contributed by atoms with Crippen molar-refractivity contribution in [3.8, 4) is 0 Å². The summed E-state index contributed by atoms with van der Waals surface area (Å²) in [6.07, 6.45) is 1.90. The Labute approximate surface area is 105 Å². The van der Waals surface area contributed by atoms with Crippen LogP contribution in [0.3, 0.4) is 0 Å². The number of carbonyl (C=O) groups excluding carboxylic acids is 1. The summed E-state index contributed by atoms with van der Waals surface area (Å²) < 4.78 is 5.81. The molecule has 0 aliphatic rings. The summed E-state index contributed by atoms with van der Waals surface area (Å²) in [4.78, 5) is 11.2. The van der Waals surface area contributed by atoms with E-state index in [4.69, 9.17) is 4.74 Å². The molecule has 0 unspecified atom stereocenters. The van der Waals surface area contributed by atoms with E-state index in [-0.39, 0.29) is 11.6 Å². The smallest absolute Gasteiger partial charge is 0.314 e. The Morgan fingerprint density at radius 2 is 1.94 bits per heavy atom. The van der Waals surface area contributed by atoms with Crippen LogP contribution in [-0.4, -0.2) is 31.3 Å². The molecule has 0 saturated carbocycles. The molecule has 0 spiro atoms. The predicted octanol–water partition coefficient (Wildman–Crippen LogP) is 2.54. The highest BCUT2D eigenvalue weighted by Gasteiger charge is 2.18. The molecule has 0 aromatic heterocycles. The van der Waals surface area contributed by atoms with E-state index >= 15 is 0 Å². The molecule has 0 aliphatic heterocycles. The van der Waals surface area contributed by atoms with Crippen LogP contribution in [0.2, 0.25) is 0 Å². The van der Waals surface area contributed by atoms with Crippen molar-refractivity contribution < 1.29 is 9.53 Å². The van der Waals surface area contributed by atoms with E-state index in [0.717, 1.165) is 19.4 Å². The lowest BCUT2D eigenvalue weighted by atomic mass is 10.0. The normalized spacial score (nSPS) is 11.6. The quantitative estimate of drug-likeness (QED) is 0.689. The topological polar surface area (TPSA) is 50.4 Å². The highest BCUT2D eigenvalue weighted by molar-refractivity contribution is 5.73. The molecule has 0 aliphatic carbocycles. The molecule has 0 rings (SSSR count). The molecule has 0 atom stereocenters. The second-order valence-electron chi connectivity index (χ2n) is 5.33. The van der Waals surface area contributed by atoms with Gasteiger partial charge in [-0.1, -0.05) is 13.8 Å². The maximum absolute atomic E-state index is 11.2. The van der Waals surface area contributed by atoms with Gasteiger partial charge in [0.25, 0.3) is 0 Å². The minimum Gasteiger partial charge on any atom is -0.375 e. The van der Waals surface area contributed by atoms with Crippen LogP contribution in [0.25, 0.3) is 0 Å². The first-order chi connectivity index (χ1) is 7.87. The minimum absolute atomic E-state index is 0.106. The Balaban J connectivity index is 3.66. The third kappa shape index (κ3) is 10.1. The Morgan fingerprint density at radius 1 is 1.29 bits per heavy atom. The second-order valence-corrected chi connectivity index (χ2v) is 5.33. The first-order valence-corrected chi connectivity index (χ1v) is 6.53. The lowest BCUT2D eigenvalue weighted by Gasteiger charge is -2.26. The number of ether oxygens (including phenoxy) is 1. The largest absolute Gasteiger partial charge is 0.375 e. The molecule has 4 heteroatoms. The molecule has 0 aromatic rings. The van der Waals surface area contributed by atoms with E-state index in [1.54, 1.807) is 0 Å². The Bertz CT molecular complexity index is 215. The van der Waals surface area contributed by atoms with Gasteiger partial charge in [-0.05, 0) is 39.5 Å². The maximum atomic E-state index is 11.2. The lowest BCUT2D eigenvalue weighted by molar-refractivity contribution is -0.0267. The van der Waals surface area contributed by atoms with E-state index in [9.17, 15) is 4.79 Å². The van der Waals surface area contributed by atoms with Crippen molar-refractivity contribution in [3.05, 3.63) is 0 Å². The molecule has 0 heterocycles. The molecular formula is C13H28N2O2. The van der Waals surface area contributed by atoms with Crippen molar-refractivity contribution >= 4 is 6.03 Å². The molecule has 4 nitrogen and oxygen atoms in total. The average molecular weight is 244 g/mol. The van der Waals surface area contributed by atoms with E-state index < -0.39 is 0 Å². The molecule has 0 saturated heterocycles. The van der Waals surface area contributed by atoms with E-state index in [1.807, 2.05) is 6.92 Å². The fourth-order valence-electron chi connectivity index (χ4n) is 1.34. The van der Waals surface area contributed by atoms with Gasteiger partial charge >= 0.3 is 6.03 Å². The SMILES string of the molecule is CCNC(=O)NCCC(C)(C)OCCC(C)C. The summed E-state index contributed by atoms with van der Waals surface area (Å²) >= 11 is 0. The zero-order valence-corrected chi connectivity index (χ0v) is 11.9. The average Bonchev–Trinajstić information content (AvgIpc) is 2.16. The molecule has 0 fully saturated rings. The van der Waals surface area contributed by atoms with Gasteiger partial charge in [-0.15, -0.1) is 0 Å². The fourth-order valence-corrected chi connectivity index (χ4v) is 1.34. The van der Waals surface area contributed by atoms with Crippen molar-refractivity contribution in [2.45, 2.75) is 53.1 Å². The highest BCUT2D eigenvalue weighted by Crippen LogP contribution is 2.15. The van der Waals surface area contributed by atoms with Crippen molar-refractivity contribution in [1.82, 2.24) is 10.6 Å². The zero-order valence-electron chi connectivity index (χ0n) is 11.9. The molecule has 102 valence electrons. The van der Waals surface area contributed by atoms with Crippen LogP contribution in [-0.2, 0) is 4.74 Å². The van der Waals surface area contributed by atoms with Gasteiger partial charge in [0.05, 0.1) is 5.60 Å². The summed E-state index contributed by atoms with van der Waals surface area (Å²) in [5.41, 5.74) is -0.172. The predicted molar refractivity (Wildman–Crippen MR) is 71.2 cm³/mol. The number of carbonyl (C=O) groups is 1. The number of rotatable bonds is 8. The first kappa shape index (κ1) is 16.2. The van der Waals surface area contributed by atoms with Crippen LogP contribution in [0.5, 0.6) is 0 Å². The van der Waals surface area contributed by atoms with Gasteiger partial charge in [0.15, 0.2) is 0 Å². The van der Waals surface area contributed by atoms with Crippen LogP contribution in [0.4, 0.5) is 4.79 Å². The van der Waals surface area contributed by atoms with Crippen LogP contribution in [0.1, 0.15) is 47.5 Å². The van der Waals surface area contributed by atoms with Crippen molar-refractivity contribution in [2.24, 2.45) is 5.92 Å². The van der Waals surface area contributed by atoms with Crippen LogP contribution >= 0.6 is 0 Å². The molecular weight excluding hydrogens is 216 g/mol. The first-order valence-electron chi connectivity index (χ1n) is 6.53. The monoisotopic (exact) mass is 244 g/mol. The standard InChI is InChI=1S/C13H28N2O2/c1-6-14-12(16)15-9-8-13(4,5)17-10-7-11(2)3/h11H,6-10H2,1-5H3,(H2,14,15,16). The summed E-state index contributed by atoms with van der Waals surface area (Å²) in [6, 6.07) is -0.106. The molecule has 2 N–H and O–H groups in total. The third-order valence-electron chi connectivity index (χ3n) is 2.54. The molecule has 17 heavy (non-hydrogen) atoms. The van der Waals surface area contributed by atoms with Gasteiger partial charge in [-0.25, -0.2) is 4.79 Å². The molecule has 0 radical (unpaired) electrons. The number of hydrogen-bond acceptors (Lipinski definition) is 2. The van der Waals surface area contributed by atoms with Crippen molar-refractivity contribution in [3.63, 3.8) is 0 Å². The van der Waals surface area contributed by atoms with E-state index in [1.165, 1.54) is 0 Å². The Hall–Kier alpha value is -0.770. The number of urea groups is 1. The second kappa shape index (κ2) is 8.34. The number of hydrogen-bond donors (Lipinski definition) is 2. The molecule has 2 amide bonds. The van der Waals surface area contributed by atoms with Gasteiger partial charge in [0, 0.05) is 19.7 Å². The van der Waals surface area contributed by atoms with Gasteiger partial charge in [-0.2, -0.15) is 0 Å². The summed E-state index contributed by atoms with van der Waals surface area (Å²) in [5, 5.41) is 5.51. The van der Waals surface area contributed by atoms with Gasteiger partial charge in [0.2, 0.25) is 0 Å². The number of nitrogens with one attached hydrogen (secondary N) is 2. The van der Waals surface area contributed by atoms with Crippen LogP contribution in [0.15, 0.2) is 0 Å². The van der Waals surface area contributed by atoms with Crippen molar-refractivity contribution in [2.75, 3.05) is 19.7 Å². The zero-order chi connectivity index (χ0) is 13.3. The van der Waals surface area contributed by atoms with E-state index in [2.05, 4.69) is 38.3 Å². The van der Waals surface area contributed by atoms with E-state index in [0.29, 0.717) is 19.0 Å². The summed E-state index contributed by atoms with van der Waals surface area (Å²) in [5.74, 6) is 0.666.